The molecule has 0 bridgehead atoms. The molecular formula is C24H56HfO4. The van der Waals surface area contributed by atoms with Gasteiger partial charge in [0.05, 0.1) is 0 Å². The molecule has 180 valence electrons. The van der Waals surface area contributed by atoms with Crippen molar-refractivity contribution in [3.63, 3.8) is 0 Å². The molecule has 5 heteroatoms. The second-order valence-electron chi connectivity index (χ2n) is 7.14. The van der Waals surface area contributed by atoms with Crippen LogP contribution in [-0.2, 0) is 25.8 Å². The average molecular weight is 587 g/mol. The fraction of sp³-hybridized carbons (Fsp3) is 1.00. The summed E-state index contributed by atoms with van der Waals surface area (Å²) < 4.78 is 0. The Balaban J connectivity index is -0.0000000873. The van der Waals surface area contributed by atoms with E-state index in [0.717, 1.165) is 25.7 Å². The van der Waals surface area contributed by atoms with Gasteiger partial charge < -0.3 is 20.4 Å². The Morgan fingerprint density at radius 3 is 0.586 bits per heavy atom. The molecule has 0 aliphatic heterocycles. The van der Waals surface area contributed by atoms with Crippen molar-refractivity contribution in [1.82, 2.24) is 0 Å². The minimum Gasteiger partial charge on any atom is -0.396 e. The van der Waals surface area contributed by atoms with Crippen molar-refractivity contribution >= 4 is 0 Å². The van der Waals surface area contributed by atoms with Crippen LogP contribution in [0.5, 0.6) is 0 Å². The van der Waals surface area contributed by atoms with Gasteiger partial charge in [-0.3, -0.25) is 0 Å². The van der Waals surface area contributed by atoms with Crippen molar-refractivity contribution in [3.05, 3.63) is 0 Å². The van der Waals surface area contributed by atoms with Crippen LogP contribution in [-0.4, -0.2) is 46.9 Å². The molecule has 0 aliphatic rings. The standard InChI is InChI=1S/4C6H14O.Hf/c4*1-2-3-4-5-6-7;/h4*7H,2-6H2,1H3;. The molecule has 0 heterocycles. The minimum atomic E-state index is 0. The van der Waals surface area contributed by atoms with E-state index in [1.54, 1.807) is 0 Å². The molecule has 0 aromatic heterocycles. The number of unbranched alkanes of at least 4 members (excludes halogenated alkanes) is 12. The van der Waals surface area contributed by atoms with Gasteiger partial charge in [0.1, 0.15) is 0 Å². The molecule has 4 N–H and O–H groups in total. The van der Waals surface area contributed by atoms with Crippen LogP contribution in [0, 0.1) is 0 Å². The Morgan fingerprint density at radius 1 is 0.310 bits per heavy atom. The summed E-state index contributed by atoms with van der Waals surface area (Å²) in [4.78, 5) is 0. The average Bonchev–Trinajstić information content (AvgIpc) is 2.71. The SMILES string of the molecule is CCCCCCO.CCCCCCO.CCCCCCO.CCCCCCO.[Hf]. The zero-order valence-corrected chi connectivity index (χ0v) is 24.0. The van der Waals surface area contributed by atoms with E-state index in [9.17, 15) is 0 Å². The largest absolute Gasteiger partial charge is 0.396 e. The molecule has 4 nitrogen and oxygen atoms in total. The zero-order chi connectivity index (χ0) is 22.1. The van der Waals surface area contributed by atoms with E-state index in [2.05, 4.69) is 27.7 Å². The van der Waals surface area contributed by atoms with E-state index < -0.39 is 0 Å². The van der Waals surface area contributed by atoms with Gasteiger partial charge >= 0.3 is 0 Å². The van der Waals surface area contributed by atoms with Crippen LogP contribution < -0.4 is 0 Å². The first-order chi connectivity index (χ1) is 13.7. The van der Waals surface area contributed by atoms with Gasteiger partial charge in [-0.05, 0) is 25.7 Å². The van der Waals surface area contributed by atoms with Crippen molar-refractivity contribution in [2.45, 2.75) is 130 Å². The van der Waals surface area contributed by atoms with E-state index in [4.69, 9.17) is 20.4 Å². The molecule has 0 spiro atoms. The molecule has 0 aliphatic carbocycles. The third-order valence-electron chi connectivity index (χ3n) is 4.05. The molecule has 0 saturated carbocycles. The van der Waals surface area contributed by atoms with Crippen LogP contribution >= 0.6 is 0 Å². The summed E-state index contributed by atoms with van der Waals surface area (Å²) in [5.74, 6) is 0. The summed E-state index contributed by atoms with van der Waals surface area (Å²) >= 11 is 0. The van der Waals surface area contributed by atoms with Crippen molar-refractivity contribution in [1.29, 1.82) is 0 Å². The second kappa shape index (κ2) is 51.4. The van der Waals surface area contributed by atoms with Gasteiger partial charge in [0.25, 0.3) is 0 Å². The van der Waals surface area contributed by atoms with Gasteiger partial charge in [0.15, 0.2) is 0 Å². The molecule has 0 radical (unpaired) electrons. The fourth-order valence-corrected chi connectivity index (χ4v) is 2.15. The summed E-state index contributed by atoms with van der Waals surface area (Å²) in [5.41, 5.74) is 0. The Labute approximate surface area is 202 Å². The van der Waals surface area contributed by atoms with Crippen LogP contribution in [0.4, 0.5) is 0 Å². The first-order valence-corrected chi connectivity index (χ1v) is 12.1. The van der Waals surface area contributed by atoms with Crippen LogP contribution in [0.3, 0.4) is 0 Å². The summed E-state index contributed by atoms with van der Waals surface area (Å²) in [5, 5.41) is 33.2. The quantitative estimate of drug-likeness (QED) is 0.128. The third-order valence-corrected chi connectivity index (χ3v) is 4.05. The number of rotatable bonds is 16. The number of aliphatic hydroxyl groups is 4. The van der Waals surface area contributed by atoms with Crippen molar-refractivity contribution in [2.24, 2.45) is 0 Å². The van der Waals surface area contributed by atoms with Gasteiger partial charge in [0, 0.05) is 52.3 Å². The molecule has 0 fully saturated rings. The van der Waals surface area contributed by atoms with E-state index in [1.807, 2.05) is 0 Å². The Kier molecular flexibility index (Phi) is 71.1. The Hall–Kier alpha value is 0.710. The van der Waals surface area contributed by atoms with E-state index in [-0.39, 0.29) is 25.8 Å². The zero-order valence-electron chi connectivity index (χ0n) is 20.4. The third kappa shape index (κ3) is 73.4. The van der Waals surface area contributed by atoms with E-state index >= 15 is 0 Å². The van der Waals surface area contributed by atoms with Gasteiger partial charge in [-0.2, -0.15) is 0 Å². The first-order valence-electron chi connectivity index (χ1n) is 12.1. The molecule has 0 unspecified atom stereocenters. The summed E-state index contributed by atoms with van der Waals surface area (Å²) in [6, 6.07) is 0. The number of hydrogen-bond acceptors (Lipinski definition) is 4. The maximum Gasteiger partial charge on any atom is 0.0431 e. The summed E-state index contributed by atoms with van der Waals surface area (Å²) in [6.45, 7) is 10.1. The van der Waals surface area contributed by atoms with Gasteiger partial charge in [-0.15, -0.1) is 0 Å². The van der Waals surface area contributed by atoms with Crippen molar-refractivity contribution in [2.75, 3.05) is 26.4 Å². The van der Waals surface area contributed by atoms with Gasteiger partial charge in [-0.25, -0.2) is 0 Å². The fourth-order valence-electron chi connectivity index (χ4n) is 2.15. The number of hydrogen-bond donors (Lipinski definition) is 4. The first kappa shape index (κ1) is 40.1. The maximum absolute atomic E-state index is 8.29. The monoisotopic (exact) mass is 588 g/mol. The minimum absolute atomic E-state index is 0. The predicted molar refractivity (Wildman–Crippen MR) is 125 cm³/mol. The Morgan fingerprint density at radius 2 is 0.483 bits per heavy atom. The molecule has 29 heavy (non-hydrogen) atoms. The molecular weight excluding hydrogens is 531 g/mol. The Bertz CT molecular complexity index is 140. The van der Waals surface area contributed by atoms with E-state index in [0.29, 0.717) is 26.4 Å². The molecule has 0 amide bonds. The van der Waals surface area contributed by atoms with Crippen LogP contribution in [0.25, 0.3) is 0 Å². The smallest absolute Gasteiger partial charge is 0.0431 e. The van der Waals surface area contributed by atoms with Crippen LogP contribution in [0.2, 0.25) is 0 Å². The van der Waals surface area contributed by atoms with Crippen molar-refractivity contribution in [3.8, 4) is 0 Å². The summed E-state index contributed by atoms with van der Waals surface area (Å²) in [7, 11) is 0. The predicted octanol–water partition coefficient (Wildman–Crippen LogP) is 6.23. The molecule has 0 rings (SSSR count). The summed E-state index contributed by atoms with van der Waals surface area (Å²) in [6.07, 6.45) is 18.7. The number of aliphatic hydroxyl groups excluding tert-OH is 4. The maximum atomic E-state index is 8.29. The normalized spacial score (nSPS) is 9.10. The topological polar surface area (TPSA) is 80.9 Å². The molecule has 0 atom stereocenters. The molecule has 0 saturated heterocycles. The van der Waals surface area contributed by atoms with Crippen molar-refractivity contribution < 1.29 is 46.3 Å². The van der Waals surface area contributed by atoms with Crippen LogP contribution in [0.1, 0.15) is 130 Å². The van der Waals surface area contributed by atoms with Gasteiger partial charge in [0.2, 0.25) is 0 Å². The van der Waals surface area contributed by atoms with Gasteiger partial charge in [-0.1, -0.05) is 105 Å². The molecule has 0 aromatic carbocycles. The molecule has 0 aromatic rings. The second-order valence-corrected chi connectivity index (χ2v) is 7.14. The van der Waals surface area contributed by atoms with Crippen LogP contribution in [0.15, 0.2) is 0 Å². The van der Waals surface area contributed by atoms with E-state index in [1.165, 1.54) is 77.0 Å².